The van der Waals surface area contributed by atoms with Gasteiger partial charge in [-0.2, -0.15) is 0 Å². The molecular formula is C17H14N2S. The third kappa shape index (κ3) is 1.78. The van der Waals surface area contributed by atoms with Crippen LogP contribution in [0.4, 0.5) is 0 Å². The standard InChI is InChI=1S/C17H14N2S/c1-11-6-8-12(9-7-11)15-16-17(20-10-18-15)13-4-2-3-5-14(13)19-16/h2-9,19H,10H2,1H3. The van der Waals surface area contributed by atoms with Crippen LogP contribution in [-0.4, -0.2) is 16.6 Å². The predicted octanol–water partition coefficient (Wildman–Crippen LogP) is 4.38. The molecule has 0 amide bonds. The molecule has 1 aromatic heterocycles. The van der Waals surface area contributed by atoms with Gasteiger partial charge in [-0.1, -0.05) is 59.8 Å². The fourth-order valence-corrected chi connectivity index (χ4v) is 3.57. The van der Waals surface area contributed by atoms with E-state index in [1.54, 1.807) is 0 Å². The van der Waals surface area contributed by atoms with E-state index in [9.17, 15) is 0 Å². The first kappa shape index (κ1) is 11.8. The van der Waals surface area contributed by atoms with Crippen molar-refractivity contribution in [3.8, 4) is 0 Å². The number of rotatable bonds is 1. The number of aryl methyl sites for hydroxylation is 1. The number of nitrogens with zero attached hydrogens (tertiary/aromatic N) is 1. The van der Waals surface area contributed by atoms with Gasteiger partial charge in [-0.25, -0.2) is 0 Å². The largest absolute Gasteiger partial charge is 0.352 e. The summed E-state index contributed by atoms with van der Waals surface area (Å²) in [5, 5.41) is 1.30. The minimum absolute atomic E-state index is 0.790. The Morgan fingerprint density at radius 2 is 1.85 bits per heavy atom. The second kappa shape index (κ2) is 4.53. The molecular weight excluding hydrogens is 264 g/mol. The van der Waals surface area contributed by atoms with Gasteiger partial charge in [-0.15, -0.1) is 0 Å². The molecule has 2 heterocycles. The molecule has 2 nitrogen and oxygen atoms in total. The fraction of sp³-hybridized carbons (Fsp3) is 0.118. The zero-order chi connectivity index (χ0) is 13.5. The molecule has 0 aliphatic carbocycles. The van der Waals surface area contributed by atoms with E-state index in [2.05, 4.69) is 60.4 Å². The molecule has 0 saturated carbocycles. The van der Waals surface area contributed by atoms with Crippen LogP contribution in [0.3, 0.4) is 0 Å². The number of thioether (sulfide) groups is 1. The minimum atomic E-state index is 0.790. The molecule has 0 unspecified atom stereocenters. The molecule has 3 aromatic rings. The van der Waals surface area contributed by atoms with E-state index in [0.717, 1.165) is 17.3 Å². The number of nitrogens with one attached hydrogen (secondary N) is 1. The normalized spacial score (nSPS) is 14.2. The van der Waals surface area contributed by atoms with Crippen molar-refractivity contribution < 1.29 is 0 Å². The summed E-state index contributed by atoms with van der Waals surface area (Å²) in [6.07, 6.45) is 0. The fourth-order valence-electron chi connectivity index (χ4n) is 2.62. The van der Waals surface area contributed by atoms with E-state index >= 15 is 0 Å². The number of aromatic amines is 1. The molecule has 2 aromatic carbocycles. The maximum Gasteiger partial charge on any atom is 0.0903 e. The smallest absolute Gasteiger partial charge is 0.0903 e. The number of benzene rings is 2. The Bertz CT molecular complexity index is 813. The highest BCUT2D eigenvalue weighted by atomic mass is 32.2. The summed E-state index contributed by atoms with van der Waals surface area (Å²) >= 11 is 1.81. The van der Waals surface area contributed by atoms with E-state index in [0.29, 0.717) is 0 Å². The van der Waals surface area contributed by atoms with Crippen molar-refractivity contribution in [2.45, 2.75) is 11.8 Å². The lowest BCUT2D eigenvalue weighted by atomic mass is 10.1. The molecule has 0 spiro atoms. The Hall–Kier alpha value is -2.00. The van der Waals surface area contributed by atoms with Crippen molar-refractivity contribution in [3.63, 3.8) is 0 Å². The molecule has 4 rings (SSSR count). The summed E-state index contributed by atoms with van der Waals surface area (Å²) in [4.78, 5) is 9.57. The van der Waals surface area contributed by atoms with Gasteiger partial charge in [0.2, 0.25) is 0 Å². The third-order valence-electron chi connectivity index (χ3n) is 3.65. The van der Waals surface area contributed by atoms with Gasteiger partial charge in [0.1, 0.15) is 0 Å². The zero-order valence-corrected chi connectivity index (χ0v) is 12.0. The predicted molar refractivity (Wildman–Crippen MR) is 85.8 cm³/mol. The lowest BCUT2D eigenvalue weighted by Gasteiger charge is -2.13. The van der Waals surface area contributed by atoms with Crippen LogP contribution in [0, 0.1) is 6.92 Å². The highest BCUT2D eigenvalue weighted by Gasteiger charge is 2.20. The highest BCUT2D eigenvalue weighted by molar-refractivity contribution is 7.99. The topological polar surface area (TPSA) is 28.1 Å². The molecule has 0 fully saturated rings. The lowest BCUT2D eigenvalue weighted by Crippen LogP contribution is -2.09. The van der Waals surface area contributed by atoms with Gasteiger partial charge in [-0.3, -0.25) is 4.99 Å². The van der Waals surface area contributed by atoms with E-state index in [4.69, 9.17) is 4.99 Å². The van der Waals surface area contributed by atoms with Crippen LogP contribution in [0.5, 0.6) is 0 Å². The van der Waals surface area contributed by atoms with E-state index in [1.807, 2.05) is 11.8 Å². The first-order chi connectivity index (χ1) is 9.83. The maximum absolute atomic E-state index is 4.71. The first-order valence-corrected chi connectivity index (χ1v) is 7.67. The molecule has 0 bridgehead atoms. The number of fused-ring (bicyclic) bond motifs is 3. The summed E-state index contributed by atoms with van der Waals surface area (Å²) in [7, 11) is 0. The Labute approximate surface area is 121 Å². The van der Waals surface area contributed by atoms with Crippen molar-refractivity contribution in [1.29, 1.82) is 0 Å². The molecule has 1 aliphatic heterocycles. The van der Waals surface area contributed by atoms with Crippen molar-refractivity contribution in [2.75, 3.05) is 5.88 Å². The van der Waals surface area contributed by atoms with Gasteiger partial charge >= 0.3 is 0 Å². The number of hydrogen-bond acceptors (Lipinski definition) is 2. The van der Waals surface area contributed by atoms with E-state index in [1.165, 1.54) is 26.9 Å². The van der Waals surface area contributed by atoms with Gasteiger partial charge in [0, 0.05) is 21.4 Å². The van der Waals surface area contributed by atoms with Crippen LogP contribution in [-0.2, 0) is 0 Å². The monoisotopic (exact) mass is 278 g/mol. The number of aromatic nitrogens is 1. The Kier molecular flexibility index (Phi) is 2.67. The quantitative estimate of drug-likeness (QED) is 0.703. The van der Waals surface area contributed by atoms with Crippen LogP contribution in [0.1, 0.15) is 16.8 Å². The molecule has 1 aliphatic rings. The summed E-state index contributed by atoms with van der Waals surface area (Å²) in [6, 6.07) is 17.0. The van der Waals surface area contributed by atoms with Crippen molar-refractivity contribution in [3.05, 3.63) is 65.4 Å². The van der Waals surface area contributed by atoms with Gasteiger partial charge in [-0.05, 0) is 13.0 Å². The second-order valence-electron chi connectivity index (χ2n) is 5.02. The molecule has 0 saturated heterocycles. The van der Waals surface area contributed by atoms with Crippen molar-refractivity contribution in [1.82, 2.24) is 4.98 Å². The first-order valence-electron chi connectivity index (χ1n) is 6.68. The number of aliphatic imine (C=N–C) groups is 1. The Balaban J connectivity index is 1.92. The zero-order valence-electron chi connectivity index (χ0n) is 11.2. The van der Waals surface area contributed by atoms with Crippen LogP contribution in [0.2, 0.25) is 0 Å². The lowest BCUT2D eigenvalue weighted by molar-refractivity contribution is 1.25. The van der Waals surface area contributed by atoms with E-state index < -0.39 is 0 Å². The average Bonchev–Trinajstić information content (AvgIpc) is 2.87. The van der Waals surface area contributed by atoms with Crippen LogP contribution in [0.25, 0.3) is 10.9 Å². The molecule has 3 heteroatoms. The van der Waals surface area contributed by atoms with Crippen molar-refractivity contribution in [2.24, 2.45) is 4.99 Å². The summed E-state index contributed by atoms with van der Waals surface area (Å²) < 4.78 is 0. The molecule has 1 N–H and O–H groups in total. The number of para-hydroxylation sites is 1. The summed E-state index contributed by atoms with van der Waals surface area (Å²) in [5.41, 5.74) is 5.88. The maximum atomic E-state index is 4.71. The minimum Gasteiger partial charge on any atom is -0.352 e. The van der Waals surface area contributed by atoms with Crippen LogP contribution in [0.15, 0.2) is 58.4 Å². The molecule has 20 heavy (non-hydrogen) atoms. The van der Waals surface area contributed by atoms with Crippen LogP contribution < -0.4 is 0 Å². The van der Waals surface area contributed by atoms with Crippen LogP contribution >= 0.6 is 11.8 Å². The number of H-pyrrole nitrogens is 1. The molecule has 0 atom stereocenters. The van der Waals surface area contributed by atoms with Gasteiger partial charge in [0.25, 0.3) is 0 Å². The third-order valence-corrected chi connectivity index (χ3v) is 4.62. The summed E-state index contributed by atoms with van der Waals surface area (Å²) in [6.45, 7) is 2.11. The van der Waals surface area contributed by atoms with Crippen molar-refractivity contribution >= 4 is 28.4 Å². The van der Waals surface area contributed by atoms with E-state index in [-0.39, 0.29) is 0 Å². The molecule has 98 valence electrons. The Morgan fingerprint density at radius 3 is 2.70 bits per heavy atom. The molecule has 0 radical (unpaired) electrons. The van der Waals surface area contributed by atoms with Gasteiger partial charge in [0.05, 0.1) is 17.3 Å². The average molecular weight is 278 g/mol. The summed E-state index contributed by atoms with van der Waals surface area (Å²) in [5.74, 6) is 0.790. The second-order valence-corrected chi connectivity index (χ2v) is 5.98. The highest BCUT2D eigenvalue weighted by Crippen LogP contribution is 2.36. The van der Waals surface area contributed by atoms with Gasteiger partial charge in [0.15, 0.2) is 0 Å². The van der Waals surface area contributed by atoms with Gasteiger partial charge < -0.3 is 4.98 Å². The number of hydrogen-bond donors (Lipinski definition) is 1. The SMILES string of the molecule is Cc1ccc(C2=NCSc3c2[nH]c2ccccc32)cc1. The Morgan fingerprint density at radius 1 is 1.05 bits per heavy atom.